The van der Waals surface area contributed by atoms with Gasteiger partial charge in [-0.1, -0.05) is 6.92 Å². The number of esters is 1. The molecular formula is C14H24N2O2. The van der Waals surface area contributed by atoms with Crippen LogP contribution in [0.5, 0.6) is 0 Å². The number of carbonyl (C=O) groups excluding carboxylic acids is 1. The summed E-state index contributed by atoms with van der Waals surface area (Å²) >= 11 is 0. The van der Waals surface area contributed by atoms with E-state index < -0.39 is 5.41 Å². The number of carbonyl (C=O) groups is 1. The van der Waals surface area contributed by atoms with Crippen molar-refractivity contribution >= 4 is 5.97 Å². The third-order valence-corrected chi connectivity index (χ3v) is 3.12. The maximum absolute atomic E-state index is 11.7. The molecule has 0 fully saturated rings. The van der Waals surface area contributed by atoms with E-state index in [1.54, 1.807) is 0 Å². The molecule has 1 atom stereocenters. The average Bonchev–Trinajstić information content (AvgIpc) is 2.75. The van der Waals surface area contributed by atoms with E-state index in [0.717, 1.165) is 6.54 Å². The van der Waals surface area contributed by atoms with Crippen LogP contribution >= 0.6 is 0 Å². The van der Waals surface area contributed by atoms with Crippen molar-refractivity contribution in [1.29, 1.82) is 0 Å². The molecule has 0 spiro atoms. The molecule has 1 N–H and O–H groups in total. The Balaban J connectivity index is 2.85. The highest BCUT2D eigenvalue weighted by molar-refractivity contribution is 5.75. The van der Waals surface area contributed by atoms with Gasteiger partial charge in [0.05, 0.1) is 12.5 Å². The van der Waals surface area contributed by atoms with Crippen molar-refractivity contribution in [3.05, 3.63) is 24.0 Å². The summed E-state index contributed by atoms with van der Waals surface area (Å²) in [5, 5.41) is 3.38. The monoisotopic (exact) mass is 252 g/mol. The Morgan fingerprint density at radius 1 is 1.56 bits per heavy atom. The Kier molecular flexibility index (Phi) is 4.96. The number of nitrogens with one attached hydrogen (secondary N) is 1. The van der Waals surface area contributed by atoms with Crippen molar-refractivity contribution in [1.82, 2.24) is 9.88 Å². The Labute approximate surface area is 109 Å². The number of ether oxygens (including phenoxy) is 1. The molecule has 0 aliphatic heterocycles. The van der Waals surface area contributed by atoms with Crippen LogP contribution < -0.4 is 5.32 Å². The van der Waals surface area contributed by atoms with Gasteiger partial charge in [0.25, 0.3) is 0 Å². The lowest BCUT2D eigenvalue weighted by Gasteiger charge is -2.25. The number of nitrogens with zero attached hydrogens (tertiary/aromatic N) is 1. The second-order valence-electron chi connectivity index (χ2n) is 5.22. The zero-order valence-corrected chi connectivity index (χ0v) is 12.0. The summed E-state index contributed by atoms with van der Waals surface area (Å²) in [6.45, 7) is 9.56. The Bertz CT molecular complexity index is 396. The molecule has 0 saturated carbocycles. The number of hydrogen-bond acceptors (Lipinski definition) is 3. The zero-order valence-electron chi connectivity index (χ0n) is 12.0. The van der Waals surface area contributed by atoms with E-state index in [-0.39, 0.29) is 12.0 Å². The minimum absolute atomic E-state index is 0.182. The molecule has 0 aromatic carbocycles. The first kappa shape index (κ1) is 14.8. The molecule has 0 aliphatic rings. The second kappa shape index (κ2) is 6.05. The molecule has 4 heteroatoms. The highest BCUT2D eigenvalue weighted by Gasteiger charge is 2.30. The van der Waals surface area contributed by atoms with Crippen LogP contribution in [0.25, 0.3) is 0 Å². The third kappa shape index (κ3) is 3.35. The summed E-state index contributed by atoms with van der Waals surface area (Å²) in [6, 6.07) is 4.37. The number of hydrogen-bond donors (Lipinski definition) is 1. The van der Waals surface area contributed by atoms with Gasteiger partial charge in [-0.3, -0.25) is 4.79 Å². The van der Waals surface area contributed by atoms with E-state index >= 15 is 0 Å². The minimum atomic E-state index is -0.519. The van der Waals surface area contributed by atoms with Crippen molar-refractivity contribution in [3.63, 3.8) is 0 Å². The fourth-order valence-corrected chi connectivity index (χ4v) is 2.14. The molecule has 0 amide bonds. The lowest BCUT2D eigenvalue weighted by atomic mass is 9.93. The van der Waals surface area contributed by atoms with E-state index in [9.17, 15) is 4.79 Å². The van der Waals surface area contributed by atoms with Crippen molar-refractivity contribution in [2.24, 2.45) is 5.41 Å². The molecule has 0 saturated heterocycles. The van der Waals surface area contributed by atoms with Gasteiger partial charge < -0.3 is 14.6 Å². The predicted octanol–water partition coefficient (Wildman–Crippen LogP) is 2.36. The van der Waals surface area contributed by atoms with Crippen LogP contribution in [0.4, 0.5) is 0 Å². The van der Waals surface area contributed by atoms with Crippen LogP contribution in [0.3, 0.4) is 0 Å². The molecule has 102 valence electrons. The summed E-state index contributed by atoms with van der Waals surface area (Å²) in [5.74, 6) is -0.182. The van der Waals surface area contributed by atoms with Crippen molar-refractivity contribution < 1.29 is 9.53 Å². The number of methoxy groups -OCH3 is 1. The third-order valence-electron chi connectivity index (χ3n) is 3.12. The molecular weight excluding hydrogens is 228 g/mol. The first-order valence-electron chi connectivity index (χ1n) is 6.39. The second-order valence-corrected chi connectivity index (χ2v) is 5.22. The van der Waals surface area contributed by atoms with Gasteiger partial charge in [0.15, 0.2) is 0 Å². The van der Waals surface area contributed by atoms with Gasteiger partial charge in [0, 0.05) is 24.5 Å². The fraction of sp³-hybridized carbons (Fsp3) is 0.643. The molecule has 1 rings (SSSR count). The molecule has 1 unspecified atom stereocenters. The maximum Gasteiger partial charge on any atom is 0.313 e. The SMILES string of the molecule is CCNC(C)c1cccn1CC(C)(C)C(=O)OC. The molecule has 18 heavy (non-hydrogen) atoms. The fourth-order valence-electron chi connectivity index (χ4n) is 2.14. The largest absolute Gasteiger partial charge is 0.469 e. The Morgan fingerprint density at radius 3 is 2.78 bits per heavy atom. The van der Waals surface area contributed by atoms with Gasteiger partial charge in [-0.2, -0.15) is 0 Å². The number of aromatic nitrogens is 1. The van der Waals surface area contributed by atoms with Crippen LogP contribution in [0, 0.1) is 5.41 Å². The van der Waals surface area contributed by atoms with Crippen molar-refractivity contribution in [2.75, 3.05) is 13.7 Å². The molecule has 1 aromatic heterocycles. The lowest BCUT2D eigenvalue weighted by molar-refractivity contribution is -0.151. The summed E-state index contributed by atoms with van der Waals surface area (Å²) < 4.78 is 6.96. The van der Waals surface area contributed by atoms with E-state index in [0.29, 0.717) is 6.54 Å². The van der Waals surface area contributed by atoms with Gasteiger partial charge in [-0.05, 0) is 39.4 Å². The summed E-state index contributed by atoms with van der Waals surface area (Å²) in [7, 11) is 1.43. The molecule has 0 radical (unpaired) electrons. The zero-order chi connectivity index (χ0) is 13.8. The minimum Gasteiger partial charge on any atom is -0.469 e. The van der Waals surface area contributed by atoms with Gasteiger partial charge in [-0.15, -0.1) is 0 Å². The lowest BCUT2D eigenvalue weighted by Crippen LogP contribution is -2.32. The van der Waals surface area contributed by atoms with Gasteiger partial charge in [-0.25, -0.2) is 0 Å². The summed E-state index contributed by atoms with van der Waals surface area (Å²) in [4.78, 5) is 11.7. The Morgan fingerprint density at radius 2 is 2.22 bits per heavy atom. The quantitative estimate of drug-likeness (QED) is 0.790. The van der Waals surface area contributed by atoms with Crippen molar-refractivity contribution in [2.45, 2.75) is 40.3 Å². The molecule has 0 bridgehead atoms. The van der Waals surface area contributed by atoms with Gasteiger partial charge in [0.1, 0.15) is 0 Å². The molecule has 1 aromatic rings. The maximum atomic E-state index is 11.7. The van der Waals surface area contributed by atoms with Crippen molar-refractivity contribution in [3.8, 4) is 0 Å². The van der Waals surface area contributed by atoms with Crippen LogP contribution in [-0.4, -0.2) is 24.2 Å². The van der Waals surface area contributed by atoms with Crippen LogP contribution in [0.2, 0.25) is 0 Å². The summed E-state index contributed by atoms with van der Waals surface area (Å²) in [6.07, 6.45) is 2.01. The Hall–Kier alpha value is -1.29. The highest BCUT2D eigenvalue weighted by Crippen LogP contribution is 2.23. The first-order valence-corrected chi connectivity index (χ1v) is 6.39. The van der Waals surface area contributed by atoms with E-state index in [1.807, 2.05) is 26.1 Å². The molecule has 0 aliphatic carbocycles. The van der Waals surface area contributed by atoms with Gasteiger partial charge in [0.2, 0.25) is 0 Å². The number of rotatable bonds is 6. The summed E-state index contributed by atoms with van der Waals surface area (Å²) in [5.41, 5.74) is 0.669. The molecule has 4 nitrogen and oxygen atoms in total. The van der Waals surface area contributed by atoms with E-state index in [2.05, 4.69) is 29.8 Å². The smallest absolute Gasteiger partial charge is 0.313 e. The topological polar surface area (TPSA) is 43.3 Å². The van der Waals surface area contributed by atoms with Crippen LogP contribution in [0.1, 0.15) is 39.4 Å². The van der Waals surface area contributed by atoms with Crippen LogP contribution in [0.15, 0.2) is 18.3 Å². The normalized spacial score (nSPS) is 13.4. The predicted molar refractivity (Wildman–Crippen MR) is 72.3 cm³/mol. The highest BCUT2D eigenvalue weighted by atomic mass is 16.5. The molecule has 1 heterocycles. The standard InChI is InChI=1S/C14H24N2O2/c1-6-15-11(2)12-8-7-9-16(12)10-14(3,4)13(17)18-5/h7-9,11,15H,6,10H2,1-5H3. The van der Waals surface area contributed by atoms with E-state index in [1.165, 1.54) is 12.8 Å². The average molecular weight is 252 g/mol. The van der Waals surface area contributed by atoms with Crippen LogP contribution in [-0.2, 0) is 16.1 Å². The first-order chi connectivity index (χ1) is 8.42. The van der Waals surface area contributed by atoms with E-state index in [4.69, 9.17) is 4.74 Å². The van der Waals surface area contributed by atoms with Gasteiger partial charge >= 0.3 is 5.97 Å².